The van der Waals surface area contributed by atoms with Gasteiger partial charge in [-0.05, 0) is 24.3 Å². The molecule has 6 nitrogen and oxygen atoms in total. The molecule has 2 N–H and O–H groups in total. The lowest BCUT2D eigenvalue weighted by Gasteiger charge is -2.10. The molecule has 0 radical (unpaired) electrons. The van der Waals surface area contributed by atoms with Crippen molar-refractivity contribution in [2.24, 2.45) is 7.05 Å². The summed E-state index contributed by atoms with van der Waals surface area (Å²) in [5, 5.41) is 3.15. The number of hydrogen-bond donors (Lipinski definition) is 2. The summed E-state index contributed by atoms with van der Waals surface area (Å²) in [7, 11) is -3.23. The maximum atomic E-state index is 12.8. The van der Waals surface area contributed by atoms with E-state index in [2.05, 4.69) is 26.5 Å². The van der Waals surface area contributed by atoms with Crippen molar-refractivity contribution in [1.29, 1.82) is 0 Å². The number of hydrogen-bond acceptors (Lipinski definition) is 4. The van der Waals surface area contributed by atoms with Crippen LogP contribution in [0.2, 0.25) is 0 Å². The number of aromatic nitrogens is 2. The van der Waals surface area contributed by atoms with Crippen LogP contribution in [0.1, 0.15) is 5.69 Å². The van der Waals surface area contributed by atoms with Crippen LogP contribution in [0.5, 0.6) is 0 Å². The summed E-state index contributed by atoms with van der Waals surface area (Å²) in [5.74, 6) is 0. The molecule has 0 saturated heterocycles. The van der Waals surface area contributed by atoms with Gasteiger partial charge in [0.25, 0.3) is 10.0 Å². The van der Waals surface area contributed by atoms with Crippen LogP contribution in [0.15, 0.2) is 39.8 Å². The molecule has 0 fully saturated rings. The molecule has 2 aromatic rings. The lowest BCUT2D eigenvalue weighted by Crippen LogP contribution is -2.30. The van der Waals surface area contributed by atoms with E-state index in [0.717, 1.165) is 15.4 Å². The molecule has 1 heterocycles. The molecular formula is C11H10BrF3N4O2S. The van der Waals surface area contributed by atoms with Crippen molar-refractivity contribution in [3.8, 4) is 0 Å². The minimum absolute atomic E-state index is 0.365. The molecule has 1 aromatic carbocycles. The number of nitrogens with zero attached hydrogens (tertiary/aromatic N) is 2. The first-order valence-electron chi connectivity index (χ1n) is 5.74. The summed E-state index contributed by atoms with van der Waals surface area (Å²) >= 11 is 3.20. The van der Waals surface area contributed by atoms with Crippen molar-refractivity contribution in [3.63, 3.8) is 0 Å². The highest BCUT2D eigenvalue weighted by molar-refractivity contribution is 9.10. The van der Waals surface area contributed by atoms with E-state index in [1.807, 2.05) is 4.83 Å². The van der Waals surface area contributed by atoms with E-state index in [1.165, 1.54) is 7.05 Å². The topological polar surface area (TPSA) is 76.0 Å². The fourth-order valence-corrected chi connectivity index (χ4v) is 2.90. The lowest BCUT2D eigenvalue weighted by molar-refractivity contribution is -0.143. The summed E-state index contributed by atoms with van der Waals surface area (Å²) in [6, 6.07) is 6.37. The van der Waals surface area contributed by atoms with Gasteiger partial charge in [-0.1, -0.05) is 15.9 Å². The molecule has 0 aliphatic rings. The normalized spacial score (nSPS) is 12.4. The predicted molar refractivity (Wildman–Crippen MR) is 76.3 cm³/mol. The average molecular weight is 399 g/mol. The number of aryl methyl sites for hydroxylation is 1. The Morgan fingerprint density at radius 1 is 1.23 bits per heavy atom. The molecule has 0 unspecified atom stereocenters. The Morgan fingerprint density at radius 3 is 2.36 bits per heavy atom. The highest BCUT2D eigenvalue weighted by atomic mass is 79.9. The quantitative estimate of drug-likeness (QED) is 0.775. The van der Waals surface area contributed by atoms with Gasteiger partial charge in [-0.15, -0.1) is 4.83 Å². The predicted octanol–water partition coefficient (Wildman–Crippen LogP) is 2.51. The average Bonchev–Trinajstić information content (AvgIpc) is 2.81. The smallest absolute Gasteiger partial charge is 0.308 e. The highest BCUT2D eigenvalue weighted by Gasteiger charge is 2.41. The number of halogens is 4. The maximum Gasteiger partial charge on any atom is 0.436 e. The first-order valence-corrected chi connectivity index (χ1v) is 8.01. The molecule has 0 atom stereocenters. The van der Waals surface area contributed by atoms with E-state index in [1.54, 1.807) is 24.3 Å². The minimum atomic E-state index is -4.87. The van der Waals surface area contributed by atoms with Crippen LogP contribution in [0.4, 0.5) is 18.9 Å². The summed E-state index contributed by atoms with van der Waals surface area (Å²) < 4.78 is 64.0. The summed E-state index contributed by atoms with van der Waals surface area (Å²) in [6.07, 6.45) is -4.09. The van der Waals surface area contributed by atoms with E-state index in [4.69, 9.17) is 0 Å². The van der Waals surface area contributed by atoms with Crippen LogP contribution in [0, 0.1) is 0 Å². The Bertz CT molecular complexity index is 772. The fourth-order valence-electron chi connectivity index (χ4n) is 1.57. The van der Waals surface area contributed by atoms with E-state index in [0.29, 0.717) is 5.69 Å². The molecule has 1 aromatic heterocycles. The van der Waals surface area contributed by atoms with Crippen LogP contribution in [0.25, 0.3) is 0 Å². The molecule has 0 aliphatic carbocycles. The van der Waals surface area contributed by atoms with Gasteiger partial charge >= 0.3 is 6.18 Å². The van der Waals surface area contributed by atoms with Crippen molar-refractivity contribution >= 4 is 31.6 Å². The van der Waals surface area contributed by atoms with Gasteiger partial charge in [-0.2, -0.15) is 18.3 Å². The van der Waals surface area contributed by atoms with Crippen LogP contribution < -0.4 is 10.3 Å². The number of anilines is 1. The second-order valence-electron chi connectivity index (χ2n) is 4.25. The Morgan fingerprint density at radius 2 is 1.82 bits per heavy atom. The number of hydrazine groups is 1. The summed E-state index contributed by atoms with van der Waals surface area (Å²) in [6.45, 7) is 0. The van der Waals surface area contributed by atoms with E-state index in [-0.39, 0.29) is 0 Å². The van der Waals surface area contributed by atoms with Gasteiger partial charge in [0.2, 0.25) is 0 Å². The molecule has 0 spiro atoms. The molecule has 0 saturated carbocycles. The number of sulfonamides is 1. The Labute approximate surface area is 132 Å². The van der Waals surface area contributed by atoms with Gasteiger partial charge in [0.1, 0.15) is 4.90 Å². The Kier molecular flexibility index (Phi) is 4.49. The Balaban J connectivity index is 2.26. The van der Waals surface area contributed by atoms with Crippen molar-refractivity contribution in [2.45, 2.75) is 11.1 Å². The van der Waals surface area contributed by atoms with Gasteiger partial charge < -0.3 is 5.43 Å². The van der Waals surface area contributed by atoms with Gasteiger partial charge in [0, 0.05) is 23.4 Å². The second kappa shape index (κ2) is 5.89. The van der Waals surface area contributed by atoms with Gasteiger partial charge in [0.15, 0.2) is 5.69 Å². The largest absolute Gasteiger partial charge is 0.436 e. The van der Waals surface area contributed by atoms with E-state index >= 15 is 0 Å². The standard InChI is InChI=1S/C11H10BrF3N4O2S/c1-19-6-9(10(17-19)11(13,14)15)22(20,21)18-16-8-4-2-7(12)3-5-8/h2-6,16,18H,1H3. The number of alkyl halides is 3. The lowest BCUT2D eigenvalue weighted by atomic mass is 10.3. The van der Waals surface area contributed by atoms with Gasteiger partial charge in [-0.25, -0.2) is 8.42 Å². The first kappa shape index (κ1) is 16.8. The number of rotatable bonds is 4. The van der Waals surface area contributed by atoms with Crippen LogP contribution in [0.3, 0.4) is 0 Å². The number of nitrogens with one attached hydrogen (secondary N) is 2. The molecule has 0 amide bonds. The van der Waals surface area contributed by atoms with Gasteiger partial charge in [-0.3, -0.25) is 4.68 Å². The third-order valence-electron chi connectivity index (χ3n) is 2.53. The third-order valence-corrected chi connectivity index (χ3v) is 4.30. The zero-order valence-corrected chi connectivity index (χ0v) is 13.4. The van der Waals surface area contributed by atoms with Crippen LogP contribution >= 0.6 is 15.9 Å². The summed E-state index contributed by atoms with van der Waals surface area (Å²) in [4.78, 5) is 0.939. The maximum absolute atomic E-state index is 12.8. The Hall–Kier alpha value is -1.59. The fraction of sp³-hybridized carbons (Fsp3) is 0.182. The van der Waals surface area contributed by atoms with Crippen LogP contribution in [-0.4, -0.2) is 18.2 Å². The van der Waals surface area contributed by atoms with E-state index in [9.17, 15) is 21.6 Å². The van der Waals surface area contributed by atoms with E-state index < -0.39 is 26.8 Å². The molecule has 2 rings (SSSR count). The van der Waals surface area contributed by atoms with Crippen LogP contribution in [-0.2, 0) is 23.2 Å². The van der Waals surface area contributed by atoms with Crippen molar-refractivity contribution < 1.29 is 21.6 Å². The zero-order chi connectivity index (χ0) is 16.5. The molecule has 0 bridgehead atoms. The third kappa shape index (κ3) is 3.78. The van der Waals surface area contributed by atoms with Crippen molar-refractivity contribution in [1.82, 2.24) is 14.6 Å². The first-order chi connectivity index (χ1) is 10.1. The van der Waals surface area contributed by atoms with Crippen molar-refractivity contribution in [2.75, 3.05) is 5.43 Å². The molecule has 120 valence electrons. The monoisotopic (exact) mass is 398 g/mol. The number of benzene rings is 1. The minimum Gasteiger partial charge on any atom is -0.308 e. The van der Waals surface area contributed by atoms with Crippen molar-refractivity contribution in [3.05, 3.63) is 40.6 Å². The summed E-state index contributed by atoms with van der Waals surface area (Å²) in [5.41, 5.74) is 1.23. The zero-order valence-electron chi connectivity index (χ0n) is 11.0. The molecule has 0 aliphatic heterocycles. The van der Waals surface area contributed by atoms with Gasteiger partial charge in [0.05, 0.1) is 0 Å². The molecule has 22 heavy (non-hydrogen) atoms. The second-order valence-corrected chi connectivity index (χ2v) is 6.82. The molecular weight excluding hydrogens is 389 g/mol. The highest BCUT2D eigenvalue weighted by Crippen LogP contribution is 2.32. The molecule has 11 heteroatoms. The SMILES string of the molecule is Cn1cc(S(=O)(=O)NNc2ccc(Br)cc2)c(C(F)(F)F)n1.